The molecule has 0 amide bonds. The molecule has 14 heavy (non-hydrogen) atoms. The Morgan fingerprint density at radius 1 is 1.36 bits per heavy atom. The first-order valence-corrected chi connectivity index (χ1v) is 4.98. The van der Waals surface area contributed by atoms with Gasteiger partial charge in [0.2, 0.25) is 0 Å². The topological polar surface area (TPSA) is 92.4 Å². The molecular formula is C7H11N2NaO3S. The van der Waals surface area contributed by atoms with Gasteiger partial charge in [-0.3, -0.25) is 15.8 Å². The van der Waals surface area contributed by atoms with Gasteiger partial charge < -0.3 is 0 Å². The quantitative estimate of drug-likeness (QED) is 0.273. The van der Waals surface area contributed by atoms with E-state index in [0.29, 0.717) is 5.56 Å². The summed E-state index contributed by atoms with van der Waals surface area (Å²) in [7, 11) is -4.15. The van der Waals surface area contributed by atoms with E-state index in [-0.39, 0.29) is 41.0 Å². The summed E-state index contributed by atoms with van der Waals surface area (Å²) in [5.74, 6) is 5.05. The van der Waals surface area contributed by atoms with Crippen LogP contribution in [-0.2, 0) is 16.7 Å². The maximum absolute atomic E-state index is 10.8. The molecule has 0 bridgehead atoms. The van der Waals surface area contributed by atoms with Gasteiger partial charge in [-0.2, -0.15) is 8.42 Å². The van der Waals surface area contributed by atoms with Crippen molar-refractivity contribution in [3.63, 3.8) is 0 Å². The van der Waals surface area contributed by atoms with Crippen molar-refractivity contribution in [2.75, 3.05) is 0 Å². The number of benzene rings is 1. The van der Waals surface area contributed by atoms with E-state index in [0.717, 1.165) is 0 Å². The molecular weight excluding hydrogens is 215 g/mol. The fourth-order valence-corrected chi connectivity index (χ4v) is 1.73. The molecule has 4 N–H and O–H groups in total. The van der Waals surface area contributed by atoms with Crippen LogP contribution < -0.4 is 11.3 Å². The molecule has 0 fully saturated rings. The molecule has 0 saturated carbocycles. The van der Waals surface area contributed by atoms with Gasteiger partial charge in [-0.25, -0.2) is 0 Å². The molecule has 0 aromatic heterocycles. The van der Waals surface area contributed by atoms with Crippen LogP contribution in [0.2, 0.25) is 0 Å². The molecule has 5 nitrogen and oxygen atoms in total. The van der Waals surface area contributed by atoms with Gasteiger partial charge in [0.15, 0.2) is 0 Å². The molecule has 0 spiro atoms. The first-order chi connectivity index (χ1) is 6.05. The molecule has 7 heteroatoms. The Hall–Kier alpha value is 0.0500. The minimum absolute atomic E-state index is 0. The molecule has 0 saturated heterocycles. The minimum atomic E-state index is -4.15. The molecule has 0 aliphatic rings. The van der Waals surface area contributed by atoms with Crippen molar-refractivity contribution in [1.29, 1.82) is 0 Å². The molecule has 0 atom stereocenters. The van der Waals surface area contributed by atoms with E-state index in [2.05, 4.69) is 5.43 Å². The summed E-state index contributed by atoms with van der Waals surface area (Å²) in [6, 6.07) is 6.09. The second kappa shape index (κ2) is 5.82. The normalized spacial score (nSPS) is 10.7. The maximum atomic E-state index is 10.8. The molecule has 0 heterocycles. The van der Waals surface area contributed by atoms with Crippen molar-refractivity contribution >= 4 is 39.7 Å². The van der Waals surface area contributed by atoms with Crippen LogP contribution in [0.1, 0.15) is 5.56 Å². The van der Waals surface area contributed by atoms with Crippen LogP contribution in [0.15, 0.2) is 29.2 Å². The second-order valence-corrected chi connectivity index (χ2v) is 3.85. The van der Waals surface area contributed by atoms with Crippen molar-refractivity contribution in [2.45, 2.75) is 11.4 Å². The van der Waals surface area contributed by atoms with Gasteiger partial charge in [-0.05, 0) is 11.6 Å². The van der Waals surface area contributed by atoms with Crippen LogP contribution in [0, 0.1) is 0 Å². The monoisotopic (exact) mass is 226 g/mol. The van der Waals surface area contributed by atoms with Gasteiger partial charge in [0.1, 0.15) is 0 Å². The average Bonchev–Trinajstić information content (AvgIpc) is 2.04. The van der Waals surface area contributed by atoms with Gasteiger partial charge in [0.05, 0.1) is 4.90 Å². The Bertz CT molecular complexity index is 394. The fourth-order valence-electron chi connectivity index (χ4n) is 1.01. The number of nitrogens with two attached hydrogens (primary N) is 1. The zero-order chi connectivity index (χ0) is 9.90. The molecule has 1 aromatic carbocycles. The summed E-state index contributed by atoms with van der Waals surface area (Å²) >= 11 is 0. The van der Waals surface area contributed by atoms with Crippen LogP contribution >= 0.6 is 0 Å². The zero-order valence-electron chi connectivity index (χ0n) is 6.77. The Morgan fingerprint density at radius 2 is 1.93 bits per heavy atom. The van der Waals surface area contributed by atoms with E-state index in [4.69, 9.17) is 10.4 Å². The van der Waals surface area contributed by atoms with Crippen molar-refractivity contribution in [3.8, 4) is 0 Å². The molecule has 74 valence electrons. The molecule has 0 unspecified atom stereocenters. The number of rotatable bonds is 3. The number of hydrogen-bond acceptors (Lipinski definition) is 4. The third-order valence-corrected chi connectivity index (χ3v) is 2.50. The molecule has 1 aromatic rings. The van der Waals surface area contributed by atoms with Crippen molar-refractivity contribution in [1.82, 2.24) is 5.43 Å². The van der Waals surface area contributed by atoms with Crippen molar-refractivity contribution in [3.05, 3.63) is 29.8 Å². The molecule has 1 rings (SSSR count). The van der Waals surface area contributed by atoms with Crippen LogP contribution in [0.5, 0.6) is 0 Å². The van der Waals surface area contributed by atoms with Crippen LogP contribution in [-0.4, -0.2) is 42.5 Å². The number of nitrogens with one attached hydrogen (secondary N) is 1. The standard InChI is InChI=1S/C7H10N2O3S.Na.H/c8-9-5-6-3-1-2-4-7(6)13(10,11)12;;/h1-4,9H,5,8H2,(H,10,11,12);;. The van der Waals surface area contributed by atoms with E-state index in [1.54, 1.807) is 12.1 Å². The molecule has 0 aliphatic heterocycles. The first-order valence-electron chi connectivity index (χ1n) is 3.54. The summed E-state index contributed by atoms with van der Waals surface area (Å²) in [5, 5.41) is 0. The van der Waals surface area contributed by atoms with Crippen LogP contribution in [0.3, 0.4) is 0 Å². The summed E-state index contributed by atoms with van der Waals surface area (Å²) in [6.07, 6.45) is 0. The van der Waals surface area contributed by atoms with Crippen molar-refractivity contribution in [2.24, 2.45) is 5.84 Å². The average molecular weight is 226 g/mol. The summed E-state index contributed by atoms with van der Waals surface area (Å²) in [5.41, 5.74) is 2.76. The third kappa shape index (κ3) is 3.66. The van der Waals surface area contributed by atoms with Gasteiger partial charge >= 0.3 is 29.6 Å². The number of hydrazine groups is 1. The van der Waals surface area contributed by atoms with Gasteiger partial charge in [0, 0.05) is 6.54 Å². The van der Waals surface area contributed by atoms with E-state index in [1.807, 2.05) is 0 Å². The van der Waals surface area contributed by atoms with Gasteiger partial charge in [-0.15, -0.1) is 0 Å². The van der Waals surface area contributed by atoms with Crippen LogP contribution in [0.25, 0.3) is 0 Å². The predicted octanol–water partition coefficient (Wildman–Crippen LogP) is -0.752. The zero-order valence-corrected chi connectivity index (χ0v) is 7.58. The van der Waals surface area contributed by atoms with Gasteiger partial charge in [0.25, 0.3) is 10.1 Å². The second-order valence-electron chi connectivity index (χ2n) is 2.46. The SMILES string of the molecule is NNCc1ccccc1S(=O)(=O)O.[NaH]. The fraction of sp³-hybridized carbons (Fsp3) is 0.143. The Kier molecular flexibility index (Phi) is 5.84. The summed E-state index contributed by atoms with van der Waals surface area (Å²) in [6.45, 7) is 0.190. The Labute approximate surface area is 105 Å². The van der Waals surface area contributed by atoms with E-state index < -0.39 is 10.1 Å². The van der Waals surface area contributed by atoms with E-state index in [1.165, 1.54) is 12.1 Å². The van der Waals surface area contributed by atoms with E-state index in [9.17, 15) is 8.42 Å². The van der Waals surface area contributed by atoms with E-state index >= 15 is 0 Å². The predicted molar refractivity (Wildman–Crippen MR) is 54.4 cm³/mol. The Morgan fingerprint density at radius 3 is 2.43 bits per heavy atom. The third-order valence-electron chi connectivity index (χ3n) is 1.54. The van der Waals surface area contributed by atoms with Crippen molar-refractivity contribution < 1.29 is 13.0 Å². The summed E-state index contributed by atoms with van der Waals surface area (Å²) < 4.78 is 30.4. The number of hydrogen-bond donors (Lipinski definition) is 3. The molecule has 0 aliphatic carbocycles. The van der Waals surface area contributed by atoms with Crippen LogP contribution in [0.4, 0.5) is 0 Å². The Balaban J connectivity index is 0.00000169. The summed E-state index contributed by atoms with van der Waals surface area (Å²) in [4.78, 5) is -0.118. The first kappa shape index (κ1) is 14.1. The molecule has 0 radical (unpaired) electrons. The van der Waals surface area contributed by atoms with Gasteiger partial charge in [-0.1, -0.05) is 18.2 Å².